The van der Waals surface area contributed by atoms with Crippen LogP contribution in [0.2, 0.25) is 0 Å². The molecule has 0 radical (unpaired) electrons. The van der Waals surface area contributed by atoms with Crippen LogP contribution in [-0.2, 0) is 0 Å². The predicted molar refractivity (Wildman–Crippen MR) is 64.0 cm³/mol. The van der Waals surface area contributed by atoms with Crippen LogP contribution in [0.4, 0.5) is 0 Å². The highest BCUT2D eigenvalue weighted by atomic mass is 79.9. The Bertz CT molecular complexity index is 527. The molecule has 2 rings (SSSR count). The molecule has 0 bridgehead atoms. The molecule has 2 heterocycles. The van der Waals surface area contributed by atoms with E-state index in [9.17, 15) is 4.79 Å². The number of hydrogen-bond donors (Lipinski definition) is 0. The van der Waals surface area contributed by atoms with Crippen LogP contribution in [0.15, 0.2) is 27.6 Å². The molecule has 0 saturated heterocycles. The first kappa shape index (κ1) is 11.2. The zero-order valence-electron chi connectivity index (χ0n) is 8.31. The molecule has 0 aromatic carbocycles. The third-order valence-corrected chi connectivity index (χ3v) is 3.41. The Balaban J connectivity index is 2.41. The van der Waals surface area contributed by atoms with E-state index >= 15 is 0 Å². The average Bonchev–Trinajstić information content (AvgIpc) is 2.75. The molecule has 0 aliphatic carbocycles. The number of nitrogens with zero attached hydrogens (tertiary/aromatic N) is 2. The highest BCUT2D eigenvalue weighted by molar-refractivity contribution is 9.11. The molecular formula is C10H7BrN2O2S. The van der Waals surface area contributed by atoms with Crippen LogP contribution in [-0.4, -0.2) is 22.9 Å². The molecule has 0 unspecified atom stereocenters. The number of methoxy groups -OCH3 is 1. The smallest absolute Gasteiger partial charge is 0.243 e. The average molecular weight is 299 g/mol. The van der Waals surface area contributed by atoms with E-state index in [-0.39, 0.29) is 17.4 Å². The van der Waals surface area contributed by atoms with Gasteiger partial charge in [-0.2, -0.15) is 0 Å². The minimum Gasteiger partial charge on any atom is -0.479 e. The number of carbonyl (C=O) groups excluding carboxylic acids is 1. The molecule has 16 heavy (non-hydrogen) atoms. The van der Waals surface area contributed by atoms with Crippen LogP contribution in [0.5, 0.6) is 5.88 Å². The second-order valence-corrected chi connectivity index (χ2v) is 5.17. The van der Waals surface area contributed by atoms with E-state index in [0.717, 1.165) is 3.79 Å². The van der Waals surface area contributed by atoms with Gasteiger partial charge >= 0.3 is 0 Å². The van der Waals surface area contributed by atoms with Crippen molar-refractivity contribution in [3.8, 4) is 5.88 Å². The fourth-order valence-electron chi connectivity index (χ4n) is 1.20. The van der Waals surface area contributed by atoms with Crippen molar-refractivity contribution in [3.63, 3.8) is 0 Å². The third kappa shape index (κ3) is 2.12. The van der Waals surface area contributed by atoms with Gasteiger partial charge in [0.05, 0.1) is 10.9 Å². The number of ketones is 1. The fraction of sp³-hybridized carbons (Fsp3) is 0.100. The molecule has 0 amide bonds. The van der Waals surface area contributed by atoms with Gasteiger partial charge in [0.25, 0.3) is 0 Å². The summed E-state index contributed by atoms with van der Waals surface area (Å²) in [4.78, 5) is 20.0. The van der Waals surface area contributed by atoms with Crippen molar-refractivity contribution in [1.29, 1.82) is 0 Å². The standard InChI is InChI=1S/C10H7BrN2O2S/c1-15-10-8(12-2-3-13-10)9(14)6-4-7(11)16-5-6/h2-5H,1H3. The highest BCUT2D eigenvalue weighted by Gasteiger charge is 2.17. The molecule has 0 saturated carbocycles. The Kier molecular flexibility index (Phi) is 3.31. The molecule has 0 aliphatic heterocycles. The summed E-state index contributed by atoms with van der Waals surface area (Å²) >= 11 is 4.76. The third-order valence-electron chi connectivity index (χ3n) is 1.90. The molecular weight excluding hydrogens is 292 g/mol. The summed E-state index contributed by atoms with van der Waals surface area (Å²) in [5.74, 6) is 0.0572. The van der Waals surface area contributed by atoms with E-state index in [2.05, 4.69) is 25.9 Å². The lowest BCUT2D eigenvalue weighted by molar-refractivity contribution is 0.103. The van der Waals surface area contributed by atoms with Crippen molar-refractivity contribution < 1.29 is 9.53 Å². The van der Waals surface area contributed by atoms with E-state index in [1.54, 1.807) is 11.4 Å². The van der Waals surface area contributed by atoms with Gasteiger partial charge in [0.15, 0.2) is 5.69 Å². The maximum absolute atomic E-state index is 12.0. The van der Waals surface area contributed by atoms with Gasteiger partial charge < -0.3 is 4.74 Å². The summed E-state index contributed by atoms with van der Waals surface area (Å²) in [5, 5.41) is 1.76. The second kappa shape index (κ2) is 4.71. The van der Waals surface area contributed by atoms with Crippen molar-refractivity contribution in [1.82, 2.24) is 9.97 Å². The Morgan fingerprint density at radius 1 is 1.44 bits per heavy atom. The van der Waals surface area contributed by atoms with E-state index in [1.165, 1.54) is 30.8 Å². The van der Waals surface area contributed by atoms with E-state index in [1.807, 2.05) is 0 Å². The molecule has 0 atom stereocenters. The van der Waals surface area contributed by atoms with E-state index in [4.69, 9.17) is 4.74 Å². The minimum absolute atomic E-state index is 0.188. The van der Waals surface area contributed by atoms with Crippen LogP contribution < -0.4 is 4.74 Å². The number of halogens is 1. The normalized spacial score (nSPS) is 10.1. The first-order valence-electron chi connectivity index (χ1n) is 4.36. The summed E-state index contributed by atoms with van der Waals surface area (Å²) < 4.78 is 5.89. The van der Waals surface area contributed by atoms with Crippen molar-refractivity contribution in [3.05, 3.63) is 38.9 Å². The number of hydrogen-bond acceptors (Lipinski definition) is 5. The van der Waals surface area contributed by atoms with Crippen LogP contribution in [0, 0.1) is 0 Å². The van der Waals surface area contributed by atoms with Crippen LogP contribution >= 0.6 is 27.3 Å². The Labute approximate surface area is 104 Å². The zero-order valence-corrected chi connectivity index (χ0v) is 10.7. The predicted octanol–water partition coefficient (Wildman–Crippen LogP) is 2.54. The van der Waals surface area contributed by atoms with Gasteiger partial charge in [0.1, 0.15) is 0 Å². The van der Waals surface area contributed by atoms with Crippen molar-refractivity contribution in [2.24, 2.45) is 0 Å². The number of carbonyl (C=O) groups is 1. The second-order valence-electron chi connectivity index (χ2n) is 2.88. The van der Waals surface area contributed by atoms with Crippen LogP contribution in [0.25, 0.3) is 0 Å². The summed E-state index contributed by atoms with van der Waals surface area (Å²) in [5.41, 5.74) is 0.811. The van der Waals surface area contributed by atoms with E-state index < -0.39 is 0 Å². The SMILES string of the molecule is COc1nccnc1C(=O)c1csc(Br)c1. The van der Waals surface area contributed by atoms with E-state index in [0.29, 0.717) is 5.56 Å². The molecule has 0 aliphatic rings. The van der Waals surface area contributed by atoms with Gasteiger partial charge in [0.2, 0.25) is 11.7 Å². The first-order chi connectivity index (χ1) is 7.72. The molecule has 82 valence electrons. The molecule has 0 fully saturated rings. The molecule has 6 heteroatoms. The van der Waals surface area contributed by atoms with Gasteiger partial charge in [0, 0.05) is 23.3 Å². The minimum atomic E-state index is -0.188. The summed E-state index contributed by atoms with van der Waals surface area (Å²) in [7, 11) is 1.46. The van der Waals surface area contributed by atoms with Crippen molar-refractivity contribution >= 4 is 33.0 Å². The van der Waals surface area contributed by atoms with Crippen molar-refractivity contribution in [2.45, 2.75) is 0 Å². The highest BCUT2D eigenvalue weighted by Crippen LogP contribution is 2.24. The maximum Gasteiger partial charge on any atom is 0.243 e. The Hall–Kier alpha value is -1.27. The van der Waals surface area contributed by atoms with Gasteiger partial charge in [-0.15, -0.1) is 11.3 Å². The Morgan fingerprint density at radius 3 is 2.81 bits per heavy atom. The number of ether oxygens (including phenoxy) is 1. The number of thiophene rings is 1. The fourth-order valence-corrected chi connectivity index (χ4v) is 2.33. The van der Waals surface area contributed by atoms with Gasteiger partial charge in [-0.25, -0.2) is 9.97 Å². The van der Waals surface area contributed by atoms with Gasteiger partial charge in [-0.1, -0.05) is 0 Å². The van der Waals surface area contributed by atoms with Crippen molar-refractivity contribution in [2.75, 3.05) is 7.11 Å². The van der Waals surface area contributed by atoms with Crippen LogP contribution in [0.3, 0.4) is 0 Å². The lowest BCUT2D eigenvalue weighted by atomic mass is 10.2. The maximum atomic E-state index is 12.0. The number of aromatic nitrogens is 2. The first-order valence-corrected chi connectivity index (χ1v) is 6.03. The monoisotopic (exact) mass is 298 g/mol. The lowest BCUT2D eigenvalue weighted by Gasteiger charge is -2.02. The molecule has 2 aromatic rings. The number of rotatable bonds is 3. The quantitative estimate of drug-likeness (QED) is 0.817. The Morgan fingerprint density at radius 2 is 2.19 bits per heavy atom. The largest absolute Gasteiger partial charge is 0.479 e. The molecule has 2 aromatic heterocycles. The topological polar surface area (TPSA) is 52.1 Å². The summed E-state index contributed by atoms with van der Waals surface area (Å²) in [6.07, 6.45) is 2.95. The summed E-state index contributed by atoms with van der Waals surface area (Å²) in [6.45, 7) is 0. The summed E-state index contributed by atoms with van der Waals surface area (Å²) in [6, 6.07) is 1.75. The van der Waals surface area contributed by atoms with Gasteiger partial charge in [-0.05, 0) is 22.0 Å². The molecule has 0 N–H and O–H groups in total. The van der Waals surface area contributed by atoms with Gasteiger partial charge in [-0.3, -0.25) is 4.79 Å². The molecule has 4 nitrogen and oxygen atoms in total. The molecule has 0 spiro atoms. The zero-order chi connectivity index (χ0) is 11.5. The lowest BCUT2D eigenvalue weighted by Crippen LogP contribution is -2.06. The van der Waals surface area contributed by atoms with Crippen LogP contribution in [0.1, 0.15) is 16.1 Å².